The molecule has 0 saturated carbocycles. The topological polar surface area (TPSA) is 48.5 Å². The summed E-state index contributed by atoms with van der Waals surface area (Å²) in [5.41, 5.74) is 0.276. The molecule has 1 aromatic carbocycles. The van der Waals surface area contributed by atoms with Gasteiger partial charge in [-0.25, -0.2) is 9.78 Å². The van der Waals surface area contributed by atoms with Crippen LogP contribution in [0.2, 0.25) is 5.02 Å². The van der Waals surface area contributed by atoms with Crippen LogP contribution in [-0.2, 0) is 12.6 Å². The summed E-state index contributed by atoms with van der Waals surface area (Å²) in [5.74, 6) is 0.311. The quantitative estimate of drug-likeness (QED) is 0.796. The highest BCUT2D eigenvalue weighted by atomic mass is 35.5. The summed E-state index contributed by atoms with van der Waals surface area (Å²) in [6, 6.07) is 10.6. The van der Waals surface area contributed by atoms with Gasteiger partial charge in [0, 0.05) is 38.9 Å². The van der Waals surface area contributed by atoms with Crippen LogP contribution in [0.5, 0.6) is 0 Å². The van der Waals surface area contributed by atoms with Crippen molar-refractivity contribution in [3.63, 3.8) is 0 Å². The molecule has 0 radical (unpaired) electrons. The van der Waals surface area contributed by atoms with E-state index in [1.54, 1.807) is 4.90 Å². The van der Waals surface area contributed by atoms with Gasteiger partial charge in [0.2, 0.25) is 0 Å². The van der Waals surface area contributed by atoms with Crippen LogP contribution in [-0.4, -0.2) is 48.6 Å². The Labute approximate surface area is 172 Å². The fourth-order valence-electron chi connectivity index (χ4n) is 3.22. The number of hydrogen-bond donors (Lipinski definition) is 1. The van der Waals surface area contributed by atoms with Gasteiger partial charge in [-0.2, -0.15) is 13.2 Å². The second-order valence-corrected chi connectivity index (χ2v) is 7.23. The number of anilines is 1. The zero-order valence-corrected chi connectivity index (χ0v) is 16.5. The number of halogens is 4. The van der Waals surface area contributed by atoms with Gasteiger partial charge < -0.3 is 15.1 Å². The lowest BCUT2D eigenvalue weighted by atomic mass is 10.1. The minimum Gasteiger partial charge on any atom is -0.354 e. The van der Waals surface area contributed by atoms with Crippen molar-refractivity contribution in [2.24, 2.45) is 0 Å². The molecular formula is C20H22ClF3N4O. The second kappa shape index (κ2) is 9.35. The summed E-state index contributed by atoms with van der Waals surface area (Å²) in [6.45, 7) is 2.55. The molecule has 0 unspecified atom stereocenters. The molecule has 1 saturated heterocycles. The molecule has 1 aliphatic rings. The zero-order valence-electron chi connectivity index (χ0n) is 15.8. The predicted molar refractivity (Wildman–Crippen MR) is 106 cm³/mol. The Morgan fingerprint density at radius 3 is 2.59 bits per heavy atom. The fraction of sp³-hybridized carbons (Fsp3) is 0.400. The van der Waals surface area contributed by atoms with Crippen LogP contribution in [0.3, 0.4) is 0 Å². The van der Waals surface area contributed by atoms with Crippen molar-refractivity contribution >= 4 is 23.4 Å². The number of nitrogens with zero attached hydrogens (tertiary/aromatic N) is 3. The number of hydrogen-bond acceptors (Lipinski definition) is 3. The lowest BCUT2D eigenvalue weighted by molar-refractivity contribution is -0.137. The van der Waals surface area contributed by atoms with E-state index in [4.69, 9.17) is 11.6 Å². The van der Waals surface area contributed by atoms with Gasteiger partial charge in [-0.05, 0) is 24.5 Å². The number of carbonyl (C=O) groups excluding carboxylic acids is 1. The average molecular weight is 427 g/mol. The first kappa shape index (κ1) is 21.2. The first-order valence-corrected chi connectivity index (χ1v) is 9.77. The third kappa shape index (κ3) is 5.76. The summed E-state index contributed by atoms with van der Waals surface area (Å²) in [6.07, 6.45) is -2.27. The smallest absolute Gasteiger partial charge is 0.354 e. The zero-order chi connectivity index (χ0) is 20.9. The maximum absolute atomic E-state index is 12.8. The Morgan fingerprint density at radius 1 is 1.14 bits per heavy atom. The van der Waals surface area contributed by atoms with E-state index in [2.05, 4.69) is 10.3 Å². The number of benzene rings is 1. The molecule has 1 aromatic heterocycles. The van der Waals surface area contributed by atoms with E-state index in [0.717, 1.165) is 24.2 Å². The van der Waals surface area contributed by atoms with E-state index in [-0.39, 0.29) is 11.1 Å². The number of amides is 2. The van der Waals surface area contributed by atoms with Gasteiger partial charge in [0.25, 0.3) is 0 Å². The van der Waals surface area contributed by atoms with Crippen molar-refractivity contribution in [3.8, 4) is 0 Å². The number of alkyl halides is 3. The van der Waals surface area contributed by atoms with Gasteiger partial charge in [0.1, 0.15) is 5.82 Å². The summed E-state index contributed by atoms with van der Waals surface area (Å²) in [7, 11) is 0. The minimum atomic E-state index is -4.48. The Hall–Kier alpha value is -2.48. The maximum atomic E-state index is 12.8. The van der Waals surface area contributed by atoms with Crippen LogP contribution in [0, 0.1) is 0 Å². The Morgan fingerprint density at radius 2 is 1.90 bits per heavy atom. The first-order chi connectivity index (χ1) is 13.8. The Balaban J connectivity index is 1.54. The van der Waals surface area contributed by atoms with E-state index in [0.29, 0.717) is 45.0 Å². The van der Waals surface area contributed by atoms with Gasteiger partial charge in [-0.3, -0.25) is 0 Å². The molecular weight excluding hydrogens is 405 g/mol. The minimum absolute atomic E-state index is 0.0411. The summed E-state index contributed by atoms with van der Waals surface area (Å²) < 4.78 is 38.4. The number of carbonyl (C=O) groups is 1. The summed E-state index contributed by atoms with van der Waals surface area (Å²) in [4.78, 5) is 19.9. The van der Waals surface area contributed by atoms with Crippen molar-refractivity contribution in [3.05, 3.63) is 58.7 Å². The molecule has 29 heavy (non-hydrogen) atoms. The predicted octanol–water partition coefficient (Wildman–Crippen LogP) is 4.22. The van der Waals surface area contributed by atoms with Gasteiger partial charge in [-0.15, -0.1) is 0 Å². The third-order valence-electron chi connectivity index (χ3n) is 4.76. The highest BCUT2D eigenvalue weighted by molar-refractivity contribution is 6.33. The molecule has 0 spiro atoms. The van der Waals surface area contributed by atoms with Crippen molar-refractivity contribution in [1.82, 2.24) is 15.2 Å². The lowest BCUT2D eigenvalue weighted by Crippen LogP contribution is -2.42. The normalized spacial score (nSPS) is 15.2. The SMILES string of the molecule is O=C(NCCc1ccccc1)N1CCCN(c2ncc(C(F)(F)F)cc2Cl)CC1. The van der Waals surface area contributed by atoms with Crippen molar-refractivity contribution in [1.29, 1.82) is 0 Å². The molecule has 9 heteroatoms. The van der Waals surface area contributed by atoms with Gasteiger partial charge >= 0.3 is 12.2 Å². The molecule has 0 atom stereocenters. The van der Waals surface area contributed by atoms with E-state index in [1.165, 1.54) is 0 Å². The molecule has 2 heterocycles. The van der Waals surface area contributed by atoms with E-state index in [9.17, 15) is 18.0 Å². The Kier molecular flexibility index (Phi) is 6.84. The summed E-state index contributed by atoms with van der Waals surface area (Å²) in [5, 5.41) is 2.88. The maximum Gasteiger partial charge on any atom is 0.417 e. The van der Waals surface area contributed by atoms with Crippen LogP contribution in [0.25, 0.3) is 0 Å². The van der Waals surface area contributed by atoms with E-state index >= 15 is 0 Å². The molecule has 2 aromatic rings. The highest BCUT2D eigenvalue weighted by Crippen LogP contribution is 2.33. The van der Waals surface area contributed by atoms with Crippen LogP contribution in [0.4, 0.5) is 23.8 Å². The molecule has 0 bridgehead atoms. The van der Waals surface area contributed by atoms with Crippen molar-refractivity contribution < 1.29 is 18.0 Å². The number of aromatic nitrogens is 1. The van der Waals surface area contributed by atoms with Gasteiger partial charge in [0.05, 0.1) is 10.6 Å². The summed E-state index contributed by atoms with van der Waals surface area (Å²) >= 11 is 6.05. The van der Waals surface area contributed by atoms with Gasteiger partial charge in [-0.1, -0.05) is 41.9 Å². The molecule has 1 fully saturated rings. The van der Waals surface area contributed by atoms with Crippen molar-refractivity contribution in [2.45, 2.75) is 19.0 Å². The molecule has 5 nitrogen and oxygen atoms in total. The van der Waals surface area contributed by atoms with Crippen LogP contribution >= 0.6 is 11.6 Å². The highest BCUT2D eigenvalue weighted by Gasteiger charge is 2.32. The van der Waals surface area contributed by atoms with Gasteiger partial charge in [0.15, 0.2) is 0 Å². The molecule has 3 rings (SSSR count). The number of pyridine rings is 1. The monoisotopic (exact) mass is 426 g/mol. The third-order valence-corrected chi connectivity index (χ3v) is 5.04. The van der Waals surface area contributed by atoms with Crippen LogP contribution in [0.1, 0.15) is 17.5 Å². The molecule has 1 N–H and O–H groups in total. The molecule has 0 aliphatic carbocycles. The molecule has 1 aliphatic heterocycles. The number of rotatable bonds is 4. The first-order valence-electron chi connectivity index (χ1n) is 9.39. The average Bonchev–Trinajstić information content (AvgIpc) is 2.94. The van der Waals surface area contributed by atoms with Crippen LogP contribution < -0.4 is 10.2 Å². The lowest BCUT2D eigenvalue weighted by Gasteiger charge is -2.24. The van der Waals surface area contributed by atoms with E-state index in [1.807, 2.05) is 35.2 Å². The molecule has 2 amide bonds. The van der Waals surface area contributed by atoms with Crippen molar-refractivity contribution in [2.75, 3.05) is 37.6 Å². The standard InChI is InChI=1S/C20H22ClF3N4O/c21-17-13-16(20(22,23)24)14-26-18(17)27-9-4-10-28(12-11-27)19(29)25-8-7-15-5-2-1-3-6-15/h1-3,5-6,13-14H,4,7-12H2,(H,25,29). The fourth-order valence-corrected chi connectivity index (χ4v) is 3.51. The van der Waals surface area contributed by atoms with E-state index < -0.39 is 11.7 Å². The molecule has 156 valence electrons. The number of nitrogens with one attached hydrogen (secondary N) is 1. The Bertz CT molecular complexity index is 832. The second-order valence-electron chi connectivity index (χ2n) is 6.82. The number of urea groups is 1. The largest absolute Gasteiger partial charge is 0.417 e. The van der Waals surface area contributed by atoms with Crippen LogP contribution in [0.15, 0.2) is 42.6 Å².